The fourth-order valence-electron chi connectivity index (χ4n) is 3.19. The highest BCUT2D eigenvalue weighted by molar-refractivity contribution is 6.30. The molecule has 1 saturated heterocycles. The molecule has 3 aromatic rings. The van der Waals surface area contributed by atoms with E-state index in [-0.39, 0.29) is 22.7 Å². The number of ether oxygens (including phenoxy) is 1. The van der Waals surface area contributed by atoms with Gasteiger partial charge in [-0.25, -0.2) is 23.5 Å². The smallest absolute Gasteiger partial charge is 0.410 e. The number of pyridine rings is 1. The van der Waals surface area contributed by atoms with E-state index in [1.165, 1.54) is 18.5 Å². The van der Waals surface area contributed by atoms with Gasteiger partial charge in [-0.05, 0) is 39.0 Å². The number of carbonyl (C=O) groups excluding carboxylic acids is 1. The van der Waals surface area contributed by atoms with E-state index in [1.807, 2.05) is 20.8 Å². The van der Waals surface area contributed by atoms with Crippen LogP contribution in [0.4, 0.5) is 25.1 Å². The minimum Gasteiger partial charge on any atom is -0.444 e. The van der Waals surface area contributed by atoms with Gasteiger partial charge in [0, 0.05) is 30.1 Å². The lowest BCUT2D eigenvalue weighted by atomic mass is 9.95. The molecule has 162 valence electrons. The highest BCUT2D eigenvalue weighted by atomic mass is 35.5. The Labute approximate surface area is 182 Å². The van der Waals surface area contributed by atoms with Crippen LogP contribution in [-0.2, 0) is 4.74 Å². The van der Waals surface area contributed by atoms with Crippen molar-refractivity contribution in [2.24, 2.45) is 0 Å². The number of hydrogen-bond acceptors (Lipinski definition) is 6. The predicted molar refractivity (Wildman–Crippen MR) is 113 cm³/mol. The summed E-state index contributed by atoms with van der Waals surface area (Å²) in [7, 11) is 0. The number of fused-ring (bicyclic) bond motifs is 1. The van der Waals surface area contributed by atoms with E-state index < -0.39 is 17.2 Å². The van der Waals surface area contributed by atoms with Crippen molar-refractivity contribution in [1.82, 2.24) is 19.9 Å². The fourth-order valence-corrected chi connectivity index (χ4v) is 3.34. The summed E-state index contributed by atoms with van der Waals surface area (Å²) >= 11 is 5.62. The molecule has 3 heterocycles. The van der Waals surface area contributed by atoms with Gasteiger partial charge in [0.2, 0.25) is 0 Å². The molecule has 0 radical (unpaired) electrons. The molecule has 1 aromatic carbocycles. The molecule has 0 aliphatic carbocycles. The van der Waals surface area contributed by atoms with Gasteiger partial charge in [0.05, 0.1) is 22.4 Å². The maximum absolute atomic E-state index is 14.2. The first-order chi connectivity index (χ1) is 14.6. The monoisotopic (exact) mass is 447 g/mol. The largest absolute Gasteiger partial charge is 0.444 e. The number of rotatable bonds is 3. The Bertz CT molecular complexity index is 1160. The van der Waals surface area contributed by atoms with Gasteiger partial charge in [-0.1, -0.05) is 11.6 Å². The third-order valence-corrected chi connectivity index (χ3v) is 5.07. The van der Waals surface area contributed by atoms with Crippen LogP contribution in [0.5, 0.6) is 0 Å². The molecule has 1 fully saturated rings. The van der Waals surface area contributed by atoms with Gasteiger partial charge < -0.3 is 15.0 Å². The van der Waals surface area contributed by atoms with Crippen LogP contribution in [0.15, 0.2) is 30.7 Å². The van der Waals surface area contributed by atoms with Crippen LogP contribution in [0.25, 0.3) is 10.9 Å². The molecule has 1 aliphatic heterocycles. The molecular weight excluding hydrogens is 428 g/mol. The van der Waals surface area contributed by atoms with Crippen LogP contribution >= 0.6 is 11.6 Å². The van der Waals surface area contributed by atoms with E-state index in [1.54, 1.807) is 17.2 Å². The average molecular weight is 448 g/mol. The third-order valence-electron chi connectivity index (χ3n) is 4.78. The Kier molecular flexibility index (Phi) is 5.38. The maximum atomic E-state index is 14.2. The van der Waals surface area contributed by atoms with E-state index in [0.29, 0.717) is 29.8 Å². The molecule has 1 N–H and O–H groups in total. The number of nitrogens with zero attached hydrogens (tertiary/aromatic N) is 4. The van der Waals surface area contributed by atoms with E-state index in [0.717, 1.165) is 5.69 Å². The molecule has 31 heavy (non-hydrogen) atoms. The number of nitrogens with one attached hydrogen (secondary N) is 1. The molecule has 10 heteroatoms. The Hall–Kier alpha value is -3.07. The minimum absolute atomic E-state index is 0.0229. The van der Waals surface area contributed by atoms with E-state index >= 15 is 0 Å². The average Bonchev–Trinajstić information content (AvgIpc) is 2.66. The second kappa shape index (κ2) is 7.88. The fraction of sp³-hybridized carbons (Fsp3) is 0.333. The lowest BCUT2D eigenvalue weighted by molar-refractivity contribution is 0.00789. The third kappa shape index (κ3) is 4.36. The summed E-state index contributed by atoms with van der Waals surface area (Å²) in [6, 6.07) is 4.39. The molecule has 0 atom stereocenters. The molecule has 0 spiro atoms. The van der Waals surface area contributed by atoms with Crippen molar-refractivity contribution < 1.29 is 18.3 Å². The first-order valence-corrected chi connectivity index (χ1v) is 9.99. The Morgan fingerprint density at radius 2 is 1.94 bits per heavy atom. The van der Waals surface area contributed by atoms with Gasteiger partial charge in [-0.15, -0.1) is 0 Å². The number of benzene rings is 1. The standard InChI is InChI=1S/C21H20ClF2N5O2/c1-21(2,3)31-20(30)29-8-11(9-29)15-6-12-16(7-25-15)26-10-27-19(12)28-14-5-4-13(22)17(23)18(14)24/h4-7,10-11H,8-9H2,1-3H3,(H,26,27,28). The second-order valence-corrected chi connectivity index (χ2v) is 8.69. The molecule has 0 bridgehead atoms. The predicted octanol–water partition coefficient (Wildman–Crippen LogP) is 5.03. The highest BCUT2D eigenvalue weighted by Crippen LogP contribution is 2.32. The summed E-state index contributed by atoms with van der Waals surface area (Å²) in [6.07, 6.45) is 2.53. The van der Waals surface area contributed by atoms with Crippen LogP contribution in [0.1, 0.15) is 32.4 Å². The molecule has 0 saturated carbocycles. The zero-order chi connectivity index (χ0) is 22.3. The quantitative estimate of drug-likeness (QED) is 0.567. The van der Waals surface area contributed by atoms with E-state index in [4.69, 9.17) is 16.3 Å². The van der Waals surface area contributed by atoms with Gasteiger partial charge in [-0.3, -0.25) is 4.98 Å². The number of amides is 1. The van der Waals surface area contributed by atoms with Crippen LogP contribution < -0.4 is 5.32 Å². The van der Waals surface area contributed by atoms with Gasteiger partial charge in [0.1, 0.15) is 17.7 Å². The summed E-state index contributed by atoms with van der Waals surface area (Å²) in [4.78, 5) is 26.5. The Balaban J connectivity index is 1.56. The van der Waals surface area contributed by atoms with Crippen LogP contribution in [0.2, 0.25) is 5.02 Å². The molecular formula is C21H20ClF2N5O2. The topological polar surface area (TPSA) is 80.2 Å². The van der Waals surface area contributed by atoms with Crippen LogP contribution in [-0.4, -0.2) is 44.6 Å². The number of carbonyl (C=O) groups is 1. The van der Waals surface area contributed by atoms with Crippen molar-refractivity contribution >= 4 is 40.1 Å². The minimum atomic E-state index is -1.14. The zero-order valence-corrected chi connectivity index (χ0v) is 17.9. The summed E-state index contributed by atoms with van der Waals surface area (Å²) in [5, 5.41) is 3.09. The first-order valence-electron chi connectivity index (χ1n) is 9.61. The second-order valence-electron chi connectivity index (χ2n) is 8.28. The number of likely N-dealkylation sites (tertiary alicyclic amines) is 1. The van der Waals surface area contributed by atoms with Crippen molar-refractivity contribution in [3.05, 3.63) is 53.1 Å². The van der Waals surface area contributed by atoms with Crippen molar-refractivity contribution in [2.75, 3.05) is 18.4 Å². The molecule has 2 aromatic heterocycles. The van der Waals surface area contributed by atoms with Crippen molar-refractivity contribution in [1.29, 1.82) is 0 Å². The van der Waals surface area contributed by atoms with E-state index in [9.17, 15) is 13.6 Å². The van der Waals surface area contributed by atoms with Crippen molar-refractivity contribution in [2.45, 2.75) is 32.3 Å². The van der Waals surface area contributed by atoms with Crippen molar-refractivity contribution in [3.63, 3.8) is 0 Å². The Morgan fingerprint density at radius 3 is 2.65 bits per heavy atom. The number of halogens is 3. The van der Waals surface area contributed by atoms with E-state index in [2.05, 4.69) is 20.3 Å². The first kappa shape index (κ1) is 21.2. The summed E-state index contributed by atoms with van der Waals surface area (Å²) < 4.78 is 33.4. The molecule has 1 aliphatic rings. The summed E-state index contributed by atoms with van der Waals surface area (Å²) in [6.45, 7) is 6.40. The van der Waals surface area contributed by atoms with Crippen LogP contribution in [0, 0.1) is 11.6 Å². The van der Waals surface area contributed by atoms with Crippen LogP contribution in [0.3, 0.4) is 0 Å². The lowest BCUT2D eigenvalue weighted by Gasteiger charge is -2.39. The highest BCUT2D eigenvalue weighted by Gasteiger charge is 2.35. The zero-order valence-electron chi connectivity index (χ0n) is 17.1. The SMILES string of the molecule is CC(C)(C)OC(=O)N1CC(c2cc3c(Nc4ccc(Cl)c(F)c4F)ncnc3cn2)C1. The maximum Gasteiger partial charge on any atom is 0.410 e. The molecule has 7 nitrogen and oxygen atoms in total. The van der Waals surface area contributed by atoms with Gasteiger partial charge in [-0.2, -0.15) is 0 Å². The van der Waals surface area contributed by atoms with Gasteiger partial charge in [0.25, 0.3) is 0 Å². The summed E-state index contributed by atoms with van der Waals surface area (Å²) in [5.74, 6) is -1.91. The normalized spacial score (nSPS) is 14.5. The Morgan fingerprint density at radius 1 is 1.19 bits per heavy atom. The number of aromatic nitrogens is 3. The molecule has 0 unspecified atom stereocenters. The number of hydrogen-bond donors (Lipinski definition) is 1. The summed E-state index contributed by atoms with van der Waals surface area (Å²) in [5.41, 5.74) is 0.630. The van der Waals surface area contributed by atoms with Gasteiger partial charge >= 0.3 is 6.09 Å². The van der Waals surface area contributed by atoms with Crippen molar-refractivity contribution in [3.8, 4) is 0 Å². The molecule has 4 rings (SSSR count). The lowest BCUT2D eigenvalue weighted by Crippen LogP contribution is -2.50. The number of anilines is 2. The van der Waals surface area contributed by atoms with Gasteiger partial charge in [0.15, 0.2) is 11.6 Å². The molecule has 1 amide bonds.